The fourth-order valence-corrected chi connectivity index (χ4v) is 3.14. The molecule has 0 fully saturated rings. The van der Waals surface area contributed by atoms with Crippen molar-refractivity contribution in [1.29, 1.82) is 0 Å². The molecule has 0 spiro atoms. The molecular formula is C14H19ClN2O4S. The van der Waals surface area contributed by atoms with Crippen molar-refractivity contribution in [3.8, 4) is 0 Å². The van der Waals surface area contributed by atoms with E-state index in [-0.39, 0.29) is 36.3 Å². The summed E-state index contributed by atoms with van der Waals surface area (Å²) in [5.74, 6) is -0.930. The molecule has 1 rings (SSSR count). The molecule has 0 aliphatic heterocycles. The number of carbonyl (C=O) groups is 3. The number of hydrogen-bond acceptors (Lipinski definition) is 5. The minimum atomic E-state index is -0.560. The Hall–Kier alpha value is -1.60. The molecular weight excluding hydrogens is 328 g/mol. The van der Waals surface area contributed by atoms with Crippen LogP contribution in [0.4, 0.5) is 5.00 Å². The third-order valence-electron chi connectivity index (χ3n) is 2.80. The van der Waals surface area contributed by atoms with Crippen LogP contribution in [0.5, 0.6) is 0 Å². The van der Waals surface area contributed by atoms with Crippen molar-refractivity contribution in [1.82, 2.24) is 4.90 Å². The molecule has 0 radical (unpaired) electrons. The molecule has 0 aliphatic carbocycles. The predicted molar refractivity (Wildman–Crippen MR) is 87.0 cm³/mol. The normalized spacial score (nSPS) is 10.2. The molecule has 1 aromatic heterocycles. The summed E-state index contributed by atoms with van der Waals surface area (Å²) in [6.45, 7) is 3.56. The van der Waals surface area contributed by atoms with Gasteiger partial charge in [-0.05, 0) is 19.4 Å². The smallest absolute Gasteiger partial charge is 0.341 e. The van der Waals surface area contributed by atoms with Crippen molar-refractivity contribution in [2.24, 2.45) is 0 Å². The molecule has 8 heteroatoms. The van der Waals surface area contributed by atoms with Gasteiger partial charge in [-0.2, -0.15) is 0 Å². The quantitative estimate of drug-likeness (QED) is 0.634. The van der Waals surface area contributed by atoms with E-state index in [0.29, 0.717) is 15.4 Å². The van der Waals surface area contributed by atoms with Gasteiger partial charge in [-0.1, -0.05) is 0 Å². The SMILES string of the molecule is CCOC(=O)c1c(NC(=O)CCCl)sc(C(=O)N(C)C)c1C. The number of amides is 2. The van der Waals surface area contributed by atoms with Gasteiger partial charge < -0.3 is 15.0 Å². The molecule has 2 amide bonds. The average Bonchev–Trinajstić information content (AvgIpc) is 2.74. The second kappa shape index (κ2) is 8.14. The zero-order valence-electron chi connectivity index (χ0n) is 13.0. The van der Waals surface area contributed by atoms with Gasteiger partial charge in [-0.15, -0.1) is 22.9 Å². The predicted octanol–water partition coefficient (Wildman–Crippen LogP) is 2.50. The molecule has 1 heterocycles. The fraction of sp³-hybridized carbons (Fsp3) is 0.500. The van der Waals surface area contributed by atoms with Crippen LogP contribution in [0, 0.1) is 6.92 Å². The van der Waals surface area contributed by atoms with Crippen LogP contribution in [0.15, 0.2) is 0 Å². The van der Waals surface area contributed by atoms with Crippen molar-refractivity contribution in [2.45, 2.75) is 20.3 Å². The van der Waals surface area contributed by atoms with Gasteiger partial charge in [0.2, 0.25) is 5.91 Å². The Bertz CT molecular complexity index is 584. The number of thiophene rings is 1. The summed E-state index contributed by atoms with van der Waals surface area (Å²) < 4.78 is 5.01. The van der Waals surface area contributed by atoms with Crippen LogP contribution in [-0.4, -0.2) is 49.3 Å². The van der Waals surface area contributed by atoms with Gasteiger partial charge in [0.05, 0.1) is 17.0 Å². The van der Waals surface area contributed by atoms with Crippen molar-refractivity contribution in [3.63, 3.8) is 0 Å². The summed E-state index contributed by atoms with van der Waals surface area (Å²) in [4.78, 5) is 37.8. The van der Waals surface area contributed by atoms with Crippen LogP contribution < -0.4 is 5.32 Å². The number of ether oxygens (including phenoxy) is 1. The van der Waals surface area contributed by atoms with Gasteiger partial charge in [0.25, 0.3) is 5.91 Å². The molecule has 22 heavy (non-hydrogen) atoms. The number of nitrogens with one attached hydrogen (secondary N) is 1. The number of hydrogen-bond donors (Lipinski definition) is 1. The maximum absolute atomic E-state index is 12.2. The number of anilines is 1. The minimum Gasteiger partial charge on any atom is -0.462 e. The Morgan fingerprint density at radius 2 is 1.95 bits per heavy atom. The summed E-state index contributed by atoms with van der Waals surface area (Å²) in [6, 6.07) is 0. The zero-order valence-corrected chi connectivity index (χ0v) is 14.6. The van der Waals surface area contributed by atoms with E-state index in [4.69, 9.17) is 16.3 Å². The van der Waals surface area contributed by atoms with Crippen molar-refractivity contribution >= 4 is 45.7 Å². The first-order valence-corrected chi connectivity index (χ1v) is 8.06. The summed E-state index contributed by atoms with van der Waals surface area (Å²) in [7, 11) is 3.24. The van der Waals surface area contributed by atoms with Crippen LogP contribution in [-0.2, 0) is 9.53 Å². The average molecular weight is 347 g/mol. The molecule has 0 aliphatic rings. The third kappa shape index (κ3) is 4.20. The van der Waals surface area contributed by atoms with E-state index in [1.807, 2.05) is 0 Å². The molecule has 0 atom stereocenters. The second-order valence-corrected chi connectivity index (χ2v) is 6.07. The summed E-state index contributed by atoms with van der Waals surface area (Å²) in [5, 5.41) is 2.95. The monoisotopic (exact) mass is 346 g/mol. The minimum absolute atomic E-state index is 0.123. The van der Waals surface area contributed by atoms with E-state index in [1.165, 1.54) is 4.90 Å². The van der Waals surface area contributed by atoms with Crippen LogP contribution >= 0.6 is 22.9 Å². The van der Waals surface area contributed by atoms with Gasteiger partial charge in [0, 0.05) is 26.4 Å². The van der Waals surface area contributed by atoms with Crippen molar-refractivity contribution < 1.29 is 19.1 Å². The van der Waals surface area contributed by atoms with Crippen LogP contribution in [0.25, 0.3) is 0 Å². The molecule has 0 saturated heterocycles. The lowest BCUT2D eigenvalue weighted by atomic mass is 10.1. The molecule has 122 valence electrons. The third-order valence-corrected chi connectivity index (χ3v) is 4.19. The first kappa shape index (κ1) is 18.4. The summed E-state index contributed by atoms with van der Waals surface area (Å²) >= 11 is 6.60. The molecule has 0 bridgehead atoms. The number of carbonyl (C=O) groups excluding carboxylic acids is 3. The topological polar surface area (TPSA) is 75.7 Å². The fourth-order valence-electron chi connectivity index (χ4n) is 1.73. The Kier molecular flexibility index (Phi) is 6.83. The number of nitrogens with zero attached hydrogens (tertiary/aromatic N) is 1. The second-order valence-electron chi connectivity index (χ2n) is 4.67. The van der Waals surface area contributed by atoms with Gasteiger partial charge in [-0.25, -0.2) is 4.79 Å². The van der Waals surface area contributed by atoms with Gasteiger partial charge in [0.1, 0.15) is 5.00 Å². The van der Waals surface area contributed by atoms with E-state index in [0.717, 1.165) is 11.3 Å². The summed E-state index contributed by atoms with van der Waals surface area (Å²) in [5.41, 5.74) is 0.725. The number of esters is 1. The highest BCUT2D eigenvalue weighted by Gasteiger charge is 2.27. The Morgan fingerprint density at radius 1 is 1.32 bits per heavy atom. The first-order chi connectivity index (χ1) is 10.3. The summed E-state index contributed by atoms with van der Waals surface area (Å²) in [6.07, 6.45) is 0.123. The lowest BCUT2D eigenvalue weighted by molar-refractivity contribution is -0.115. The van der Waals surface area contributed by atoms with Crippen LogP contribution in [0.2, 0.25) is 0 Å². The Labute approximate surface area is 138 Å². The highest BCUT2D eigenvalue weighted by atomic mass is 35.5. The first-order valence-electron chi connectivity index (χ1n) is 6.71. The molecule has 0 unspecified atom stereocenters. The molecule has 6 nitrogen and oxygen atoms in total. The lowest BCUT2D eigenvalue weighted by Gasteiger charge is -2.09. The van der Waals surface area contributed by atoms with Gasteiger partial charge >= 0.3 is 5.97 Å². The van der Waals surface area contributed by atoms with E-state index in [9.17, 15) is 14.4 Å². The highest BCUT2D eigenvalue weighted by molar-refractivity contribution is 7.18. The van der Waals surface area contributed by atoms with Crippen LogP contribution in [0.1, 0.15) is 38.9 Å². The molecule has 0 aromatic carbocycles. The number of rotatable bonds is 6. The zero-order chi connectivity index (χ0) is 16.9. The Balaban J connectivity index is 3.27. The maximum atomic E-state index is 12.2. The molecule has 1 N–H and O–H groups in total. The van der Waals surface area contributed by atoms with E-state index >= 15 is 0 Å². The van der Waals surface area contributed by atoms with Crippen molar-refractivity contribution in [3.05, 3.63) is 16.0 Å². The van der Waals surface area contributed by atoms with E-state index < -0.39 is 5.97 Å². The molecule has 1 aromatic rings. The standard InChI is InChI=1S/C14H19ClN2O4S/c1-5-21-14(20)10-8(2)11(13(19)17(3)4)22-12(10)16-9(18)6-7-15/h5-7H2,1-4H3,(H,16,18). The molecule has 0 saturated carbocycles. The Morgan fingerprint density at radius 3 is 2.45 bits per heavy atom. The van der Waals surface area contributed by atoms with Crippen molar-refractivity contribution in [2.75, 3.05) is 31.9 Å². The number of alkyl halides is 1. The maximum Gasteiger partial charge on any atom is 0.341 e. The van der Waals surface area contributed by atoms with E-state index in [2.05, 4.69) is 5.32 Å². The highest BCUT2D eigenvalue weighted by Crippen LogP contribution is 2.34. The largest absolute Gasteiger partial charge is 0.462 e. The van der Waals surface area contributed by atoms with Crippen LogP contribution in [0.3, 0.4) is 0 Å². The van der Waals surface area contributed by atoms with E-state index in [1.54, 1.807) is 27.9 Å². The number of halogens is 1. The lowest BCUT2D eigenvalue weighted by Crippen LogP contribution is -2.21. The van der Waals surface area contributed by atoms with Gasteiger partial charge in [0.15, 0.2) is 0 Å². The van der Waals surface area contributed by atoms with Gasteiger partial charge in [-0.3, -0.25) is 9.59 Å².